The minimum atomic E-state index is -0.247. The van der Waals surface area contributed by atoms with Crippen molar-refractivity contribution in [2.75, 3.05) is 19.0 Å². The van der Waals surface area contributed by atoms with Crippen LogP contribution in [0.3, 0.4) is 0 Å². The number of hydrogen-bond acceptors (Lipinski definition) is 5. The third-order valence-electron chi connectivity index (χ3n) is 4.42. The van der Waals surface area contributed by atoms with Crippen molar-refractivity contribution >= 4 is 17.4 Å². The number of methoxy groups -OCH3 is 1. The summed E-state index contributed by atoms with van der Waals surface area (Å²) >= 11 is 0. The molecule has 0 unspecified atom stereocenters. The zero-order valence-corrected chi connectivity index (χ0v) is 16.1. The average molecular weight is 376 g/mol. The number of carbonyl (C=O) groups excluding carboxylic acids is 1. The van der Waals surface area contributed by atoms with Gasteiger partial charge >= 0.3 is 0 Å². The molecule has 28 heavy (non-hydrogen) atoms. The summed E-state index contributed by atoms with van der Waals surface area (Å²) in [7, 11) is 1.64. The zero-order chi connectivity index (χ0) is 19.8. The van der Waals surface area contributed by atoms with Crippen LogP contribution in [-0.4, -0.2) is 29.5 Å². The molecule has 0 aliphatic heterocycles. The lowest BCUT2D eigenvalue weighted by atomic mass is 10.1. The highest BCUT2D eigenvalue weighted by Crippen LogP contribution is 2.19. The Morgan fingerprint density at radius 3 is 2.46 bits per heavy atom. The molecule has 2 N–H and O–H groups in total. The molecule has 0 aliphatic rings. The maximum atomic E-state index is 12.3. The Morgan fingerprint density at radius 2 is 1.75 bits per heavy atom. The van der Waals surface area contributed by atoms with Crippen LogP contribution in [0.4, 0.5) is 11.5 Å². The molecule has 3 rings (SSSR count). The summed E-state index contributed by atoms with van der Waals surface area (Å²) in [5.74, 6) is 1.17. The molecule has 0 bridgehead atoms. The van der Waals surface area contributed by atoms with Gasteiger partial charge in [-0.05, 0) is 36.1 Å². The molecular weight excluding hydrogens is 352 g/mol. The average Bonchev–Trinajstić information content (AvgIpc) is 2.75. The lowest BCUT2D eigenvalue weighted by molar-refractivity contribution is 0.0948. The van der Waals surface area contributed by atoms with E-state index in [1.807, 2.05) is 42.5 Å². The Kier molecular flexibility index (Phi) is 6.57. The van der Waals surface area contributed by atoms with Crippen LogP contribution in [0.15, 0.2) is 60.9 Å². The minimum Gasteiger partial charge on any atom is -0.496 e. The molecule has 3 aromatic rings. The molecule has 1 aromatic heterocycles. The van der Waals surface area contributed by atoms with Crippen molar-refractivity contribution in [2.45, 2.75) is 19.8 Å². The van der Waals surface area contributed by atoms with E-state index in [1.165, 1.54) is 11.8 Å². The summed E-state index contributed by atoms with van der Waals surface area (Å²) in [6, 6.07) is 15.8. The summed E-state index contributed by atoms with van der Waals surface area (Å²) in [5, 5.41) is 6.12. The van der Waals surface area contributed by atoms with Gasteiger partial charge in [-0.1, -0.05) is 43.3 Å². The zero-order valence-electron chi connectivity index (χ0n) is 16.1. The van der Waals surface area contributed by atoms with Gasteiger partial charge in [-0.3, -0.25) is 4.79 Å². The smallest absolute Gasteiger partial charge is 0.271 e. The van der Waals surface area contributed by atoms with E-state index in [0.29, 0.717) is 18.8 Å². The minimum absolute atomic E-state index is 0.247. The van der Waals surface area contributed by atoms with Gasteiger partial charge in [0.15, 0.2) is 0 Å². The Hall–Kier alpha value is -3.41. The lowest BCUT2D eigenvalue weighted by Crippen LogP contribution is -2.26. The van der Waals surface area contributed by atoms with Crippen LogP contribution in [0.2, 0.25) is 0 Å². The maximum Gasteiger partial charge on any atom is 0.271 e. The van der Waals surface area contributed by atoms with Crippen LogP contribution in [0.5, 0.6) is 5.75 Å². The van der Waals surface area contributed by atoms with Crippen molar-refractivity contribution in [1.82, 2.24) is 15.3 Å². The molecule has 144 valence electrons. The molecule has 0 spiro atoms. The Labute approximate surface area is 165 Å². The summed E-state index contributed by atoms with van der Waals surface area (Å²) in [6.07, 6.45) is 4.65. The molecule has 6 heteroatoms. The quantitative estimate of drug-likeness (QED) is 0.626. The first-order valence-corrected chi connectivity index (χ1v) is 9.28. The number of anilines is 2. The predicted molar refractivity (Wildman–Crippen MR) is 110 cm³/mol. The van der Waals surface area contributed by atoms with Gasteiger partial charge in [0, 0.05) is 12.2 Å². The third kappa shape index (κ3) is 4.85. The van der Waals surface area contributed by atoms with E-state index in [0.717, 1.165) is 23.4 Å². The largest absolute Gasteiger partial charge is 0.496 e. The van der Waals surface area contributed by atoms with Crippen molar-refractivity contribution in [2.24, 2.45) is 0 Å². The van der Waals surface area contributed by atoms with Gasteiger partial charge < -0.3 is 15.4 Å². The first kappa shape index (κ1) is 19.4. The first-order chi connectivity index (χ1) is 13.7. The fourth-order valence-corrected chi connectivity index (χ4v) is 2.91. The molecular formula is C22H24N4O2. The Balaban J connectivity index is 1.56. The monoisotopic (exact) mass is 376 g/mol. The number of rotatable bonds is 8. The summed E-state index contributed by atoms with van der Waals surface area (Å²) < 4.78 is 5.32. The highest BCUT2D eigenvalue weighted by atomic mass is 16.5. The number of hydrogen-bond donors (Lipinski definition) is 2. The maximum absolute atomic E-state index is 12.3. The van der Waals surface area contributed by atoms with Gasteiger partial charge in [0.1, 0.15) is 17.3 Å². The summed E-state index contributed by atoms with van der Waals surface area (Å²) in [6.45, 7) is 2.59. The van der Waals surface area contributed by atoms with Gasteiger partial charge in [0.2, 0.25) is 0 Å². The third-order valence-corrected chi connectivity index (χ3v) is 4.42. The second-order valence-corrected chi connectivity index (χ2v) is 6.24. The topological polar surface area (TPSA) is 76.1 Å². The molecule has 0 saturated carbocycles. The highest BCUT2D eigenvalue weighted by Gasteiger charge is 2.09. The summed E-state index contributed by atoms with van der Waals surface area (Å²) in [5.41, 5.74) is 3.52. The predicted octanol–water partition coefficient (Wildman–Crippen LogP) is 3.76. The summed E-state index contributed by atoms with van der Waals surface area (Å²) in [4.78, 5) is 20.8. The van der Waals surface area contributed by atoms with Gasteiger partial charge in [0.05, 0.1) is 19.5 Å². The van der Waals surface area contributed by atoms with Crippen molar-refractivity contribution < 1.29 is 9.53 Å². The number of amides is 1. The van der Waals surface area contributed by atoms with Crippen molar-refractivity contribution in [3.05, 3.63) is 77.7 Å². The highest BCUT2D eigenvalue weighted by molar-refractivity contribution is 5.92. The van der Waals surface area contributed by atoms with E-state index in [1.54, 1.807) is 13.3 Å². The first-order valence-electron chi connectivity index (χ1n) is 9.28. The van der Waals surface area contributed by atoms with Crippen LogP contribution in [0, 0.1) is 0 Å². The van der Waals surface area contributed by atoms with E-state index < -0.39 is 0 Å². The number of carbonyl (C=O) groups is 1. The van der Waals surface area contributed by atoms with Gasteiger partial charge in [-0.2, -0.15) is 0 Å². The lowest BCUT2D eigenvalue weighted by Gasteiger charge is -2.10. The number of aromatic nitrogens is 2. The van der Waals surface area contributed by atoms with Gasteiger partial charge in [-0.25, -0.2) is 9.97 Å². The SMILES string of the molecule is CCc1ccccc1Nc1cnc(C(=O)NCCc2ccccc2OC)cn1. The van der Waals surface area contributed by atoms with E-state index in [2.05, 4.69) is 33.6 Å². The molecule has 0 saturated heterocycles. The Morgan fingerprint density at radius 1 is 1.00 bits per heavy atom. The molecule has 0 fully saturated rings. The molecule has 0 radical (unpaired) electrons. The number of ether oxygens (including phenoxy) is 1. The number of benzene rings is 2. The number of nitrogens with one attached hydrogen (secondary N) is 2. The standard InChI is InChI=1S/C22H24N4O2/c1-3-16-8-4-6-10-18(16)26-21-15-24-19(14-25-21)22(27)23-13-12-17-9-5-7-11-20(17)28-2/h4-11,14-15H,3,12-13H2,1-2H3,(H,23,27)(H,25,26). The van der Waals surface area contributed by atoms with Gasteiger partial charge in [0.25, 0.3) is 5.91 Å². The molecule has 1 amide bonds. The second-order valence-electron chi connectivity index (χ2n) is 6.24. The molecule has 2 aromatic carbocycles. The number of nitrogens with zero attached hydrogens (tertiary/aromatic N) is 2. The van der Waals surface area contributed by atoms with Crippen LogP contribution in [0.1, 0.15) is 28.5 Å². The van der Waals surface area contributed by atoms with Crippen molar-refractivity contribution in [1.29, 1.82) is 0 Å². The fraction of sp³-hybridized carbons (Fsp3) is 0.227. The van der Waals surface area contributed by atoms with Crippen molar-refractivity contribution in [3.63, 3.8) is 0 Å². The van der Waals surface area contributed by atoms with Crippen LogP contribution < -0.4 is 15.4 Å². The number of aryl methyl sites for hydroxylation is 1. The molecule has 1 heterocycles. The van der Waals surface area contributed by atoms with Crippen LogP contribution in [0.25, 0.3) is 0 Å². The normalized spacial score (nSPS) is 10.4. The second kappa shape index (κ2) is 9.50. The van der Waals surface area contributed by atoms with E-state index >= 15 is 0 Å². The van der Waals surface area contributed by atoms with Crippen molar-refractivity contribution in [3.8, 4) is 5.75 Å². The fourth-order valence-electron chi connectivity index (χ4n) is 2.91. The van der Waals surface area contributed by atoms with E-state index in [9.17, 15) is 4.79 Å². The van der Waals surface area contributed by atoms with E-state index in [4.69, 9.17) is 4.74 Å². The van der Waals surface area contributed by atoms with Crippen LogP contribution >= 0.6 is 0 Å². The van der Waals surface area contributed by atoms with E-state index in [-0.39, 0.29) is 11.6 Å². The molecule has 0 aliphatic carbocycles. The van der Waals surface area contributed by atoms with Crippen LogP contribution in [-0.2, 0) is 12.8 Å². The Bertz CT molecular complexity index is 926. The molecule has 0 atom stereocenters. The molecule has 6 nitrogen and oxygen atoms in total. The number of para-hydroxylation sites is 2. The van der Waals surface area contributed by atoms with Gasteiger partial charge in [-0.15, -0.1) is 0 Å².